The fourth-order valence-electron chi connectivity index (χ4n) is 3.12. The number of esters is 2. The van der Waals surface area contributed by atoms with Gasteiger partial charge < -0.3 is 18.5 Å². The van der Waals surface area contributed by atoms with Gasteiger partial charge in [0.2, 0.25) is 0 Å². The second-order valence-electron chi connectivity index (χ2n) is 6.52. The maximum Gasteiger partial charge on any atom is 0.337 e. The van der Waals surface area contributed by atoms with Crippen molar-refractivity contribution in [3.8, 4) is 0 Å². The van der Waals surface area contributed by atoms with Gasteiger partial charge in [0.05, 0.1) is 29.5 Å². The summed E-state index contributed by atoms with van der Waals surface area (Å²) in [5.74, 6) is -1.42. The summed E-state index contributed by atoms with van der Waals surface area (Å²) in [5, 5.41) is 0.791. The number of rotatable bonds is 5. The lowest BCUT2D eigenvalue weighted by atomic mass is 10.2. The zero-order chi connectivity index (χ0) is 22.0. The molecule has 8 nitrogen and oxygen atoms in total. The van der Waals surface area contributed by atoms with Crippen molar-refractivity contribution < 1.29 is 28.3 Å². The number of carbonyl (C=O) groups excluding carboxylic acids is 3. The van der Waals surface area contributed by atoms with E-state index in [-0.39, 0.29) is 23.7 Å². The Labute approximate surface area is 180 Å². The normalized spacial score (nSPS) is 11.7. The van der Waals surface area contributed by atoms with Gasteiger partial charge in [-0.15, -0.1) is 0 Å². The average molecular weight is 438 g/mol. The number of thiazole rings is 1. The highest BCUT2D eigenvalue weighted by Gasteiger charge is 2.16. The van der Waals surface area contributed by atoms with Gasteiger partial charge in [-0.1, -0.05) is 29.5 Å². The molecule has 4 aromatic rings. The number of aromatic nitrogens is 1. The third-order valence-electron chi connectivity index (χ3n) is 4.53. The van der Waals surface area contributed by atoms with Crippen LogP contribution in [0, 0.1) is 0 Å². The van der Waals surface area contributed by atoms with Crippen LogP contribution in [0.15, 0.2) is 57.9 Å². The second-order valence-corrected chi connectivity index (χ2v) is 7.52. The molecule has 31 heavy (non-hydrogen) atoms. The molecule has 0 aliphatic heterocycles. The van der Waals surface area contributed by atoms with Gasteiger partial charge in [0.1, 0.15) is 12.1 Å². The first-order valence-corrected chi connectivity index (χ1v) is 10.3. The van der Waals surface area contributed by atoms with Gasteiger partial charge >= 0.3 is 17.8 Å². The molecule has 2 aromatic heterocycles. The highest BCUT2D eigenvalue weighted by molar-refractivity contribution is 7.16. The lowest BCUT2D eigenvalue weighted by molar-refractivity contribution is -0.143. The maximum atomic E-state index is 12.8. The van der Waals surface area contributed by atoms with E-state index in [9.17, 15) is 14.4 Å². The van der Waals surface area contributed by atoms with Crippen LogP contribution < -0.4 is 4.80 Å². The van der Waals surface area contributed by atoms with Gasteiger partial charge in [0.15, 0.2) is 10.6 Å². The summed E-state index contributed by atoms with van der Waals surface area (Å²) in [7, 11) is 1.30. The molecule has 0 atom stereocenters. The summed E-state index contributed by atoms with van der Waals surface area (Å²) >= 11 is 1.17. The van der Waals surface area contributed by atoms with Crippen LogP contribution in [-0.4, -0.2) is 36.1 Å². The van der Waals surface area contributed by atoms with Crippen molar-refractivity contribution in [2.24, 2.45) is 4.99 Å². The maximum absolute atomic E-state index is 12.8. The first kappa shape index (κ1) is 20.5. The van der Waals surface area contributed by atoms with Gasteiger partial charge in [-0.05, 0) is 37.3 Å². The van der Waals surface area contributed by atoms with Crippen LogP contribution in [0.5, 0.6) is 0 Å². The van der Waals surface area contributed by atoms with Crippen molar-refractivity contribution in [1.82, 2.24) is 4.57 Å². The lowest BCUT2D eigenvalue weighted by Gasteiger charge is -2.05. The zero-order valence-corrected chi connectivity index (χ0v) is 17.6. The van der Waals surface area contributed by atoms with Crippen molar-refractivity contribution in [2.45, 2.75) is 13.5 Å². The second kappa shape index (κ2) is 8.57. The van der Waals surface area contributed by atoms with E-state index < -0.39 is 17.8 Å². The minimum atomic E-state index is -0.575. The number of methoxy groups -OCH3 is 1. The Balaban J connectivity index is 1.82. The number of carbonyl (C=O) groups is 3. The van der Waals surface area contributed by atoms with Crippen molar-refractivity contribution in [3.63, 3.8) is 0 Å². The van der Waals surface area contributed by atoms with Crippen LogP contribution >= 0.6 is 11.3 Å². The number of benzene rings is 2. The average Bonchev–Trinajstić information content (AvgIpc) is 3.34. The zero-order valence-electron chi connectivity index (χ0n) is 16.8. The minimum absolute atomic E-state index is 0.0941. The first-order valence-electron chi connectivity index (χ1n) is 9.45. The van der Waals surface area contributed by atoms with E-state index in [1.54, 1.807) is 41.8 Å². The van der Waals surface area contributed by atoms with Crippen LogP contribution in [0.25, 0.3) is 21.2 Å². The Hall–Kier alpha value is -3.72. The molecule has 9 heteroatoms. The van der Waals surface area contributed by atoms with E-state index in [2.05, 4.69) is 4.99 Å². The van der Waals surface area contributed by atoms with E-state index in [1.165, 1.54) is 18.4 Å². The van der Waals surface area contributed by atoms with Crippen molar-refractivity contribution in [2.75, 3.05) is 13.7 Å². The summed E-state index contributed by atoms with van der Waals surface area (Å²) in [6.45, 7) is 1.82. The summed E-state index contributed by atoms with van der Waals surface area (Å²) in [6, 6.07) is 13.8. The molecular formula is C22H18N2O6S. The van der Waals surface area contributed by atoms with Crippen LogP contribution in [0.3, 0.4) is 0 Å². The predicted octanol–water partition coefficient (Wildman–Crippen LogP) is 3.54. The Morgan fingerprint density at radius 1 is 1.13 bits per heavy atom. The molecule has 0 saturated heterocycles. The van der Waals surface area contributed by atoms with E-state index in [1.807, 2.05) is 18.2 Å². The molecule has 0 N–H and O–H groups in total. The summed E-state index contributed by atoms with van der Waals surface area (Å²) in [4.78, 5) is 41.3. The molecule has 2 aromatic carbocycles. The van der Waals surface area contributed by atoms with Crippen LogP contribution in [0.1, 0.15) is 27.8 Å². The molecular weight excluding hydrogens is 420 g/mol. The van der Waals surface area contributed by atoms with Crippen molar-refractivity contribution in [1.29, 1.82) is 0 Å². The van der Waals surface area contributed by atoms with Gasteiger partial charge in [-0.25, -0.2) is 4.79 Å². The van der Waals surface area contributed by atoms with Gasteiger partial charge in [-0.2, -0.15) is 4.99 Å². The number of ether oxygens (including phenoxy) is 2. The molecule has 4 rings (SSSR count). The molecule has 1 amide bonds. The Morgan fingerprint density at radius 2 is 1.94 bits per heavy atom. The third kappa shape index (κ3) is 4.13. The Kier molecular flexibility index (Phi) is 5.68. The van der Waals surface area contributed by atoms with Crippen molar-refractivity contribution in [3.05, 3.63) is 64.7 Å². The minimum Gasteiger partial charge on any atom is -0.465 e. The predicted molar refractivity (Wildman–Crippen MR) is 114 cm³/mol. The topological polar surface area (TPSA) is 100 Å². The van der Waals surface area contributed by atoms with Crippen LogP contribution in [-0.2, 0) is 20.8 Å². The smallest absolute Gasteiger partial charge is 0.337 e. The fraction of sp³-hybridized carbons (Fsp3) is 0.182. The number of fused-ring (bicyclic) bond motifs is 2. The van der Waals surface area contributed by atoms with Gasteiger partial charge in [-0.3, -0.25) is 9.59 Å². The lowest BCUT2D eigenvalue weighted by Crippen LogP contribution is -2.23. The third-order valence-corrected chi connectivity index (χ3v) is 5.57. The van der Waals surface area contributed by atoms with E-state index in [0.717, 1.165) is 5.39 Å². The Morgan fingerprint density at radius 3 is 2.68 bits per heavy atom. The highest BCUT2D eigenvalue weighted by atomic mass is 32.1. The van der Waals surface area contributed by atoms with E-state index in [0.29, 0.717) is 21.4 Å². The highest BCUT2D eigenvalue weighted by Crippen LogP contribution is 2.22. The van der Waals surface area contributed by atoms with Gasteiger partial charge in [0.25, 0.3) is 0 Å². The molecule has 0 radical (unpaired) electrons. The number of hydrogen-bond acceptors (Lipinski definition) is 7. The number of para-hydroxylation sites is 1. The molecule has 158 valence electrons. The first-order chi connectivity index (χ1) is 15.0. The summed E-state index contributed by atoms with van der Waals surface area (Å²) in [6.07, 6.45) is 0. The fourth-order valence-corrected chi connectivity index (χ4v) is 4.19. The quantitative estimate of drug-likeness (QED) is 0.442. The standard InChI is InChI=1S/C22H18N2O6S/c1-3-29-19(25)12-24-15-9-8-14(21(27)28-2)11-18(15)31-22(24)23-20(26)17-10-13-6-4-5-7-16(13)30-17/h4-11H,3,12H2,1-2H3. The number of furan rings is 1. The van der Waals surface area contributed by atoms with E-state index in [4.69, 9.17) is 13.9 Å². The van der Waals surface area contributed by atoms with Crippen LogP contribution in [0.4, 0.5) is 0 Å². The van der Waals surface area contributed by atoms with E-state index >= 15 is 0 Å². The monoisotopic (exact) mass is 438 g/mol. The molecule has 0 aliphatic carbocycles. The summed E-state index contributed by atoms with van der Waals surface area (Å²) in [5.41, 5.74) is 1.58. The number of nitrogens with zero attached hydrogens (tertiary/aromatic N) is 2. The summed E-state index contributed by atoms with van der Waals surface area (Å²) < 4.78 is 17.7. The number of hydrogen-bond donors (Lipinski definition) is 0. The molecule has 0 bridgehead atoms. The number of amides is 1. The largest absolute Gasteiger partial charge is 0.465 e. The molecule has 0 spiro atoms. The molecule has 2 heterocycles. The molecule has 0 aliphatic rings. The molecule has 0 fully saturated rings. The molecule has 0 saturated carbocycles. The van der Waals surface area contributed by atoms with Gasteiger partial charge in [0, 0.05) is 5.39 Å². The SMILES string of the molecule is CCOC(=O)Cn1c(=NC(=O)c2cc3ccccc3o2)sc2cc(C(=O)OC)ccc21. The van der Waals surface area contributed by atoms with Crippen molar-refractivity contribution >= 4 is 50.4 Å². The molecule has 0 unspecified atom stereocenters. The van der Waals surface area contributed by atoms with Crippen LogP contribution in [0.2, 0.25) is 0 Å². The Bertz CT molecular complexity index is 1340.